The van der Waals surface area contributed by atoms with Crippen LogP contribution in [0.2, 0.25) is 0 Å². The van der Waals surface area contributed by atoms with E-state index >= 15 is 0 Å². The van der Waals surface area contributed by atoms with E-state index < -0.39 is 26.4 Å². The summed E-state index contributed by atoms with van der Waals surface area (Å²) in [6.07, 6.45) is 0. The van der Waals surface area contributed by atoms with Crippen molar-refractivity contribution >= 4 is 0 Å². The summed E-state index contributed by atoms with van der Waals surface area (Å²) in [5.41, 5.74) is 0. The number of ether oxygens (including phenoxy) is 3. The number of rotatable bonds is 6. The van der Waals surface area contributed by atoms with Crippen molar-refractivity contribution in [2.24, 2.45) is 0 Å². The predicted molar refractivity (Wildman–Crippen MR) is 32.9 cm³/mol. The maximum Gasteiger partial charge on any atom is 0.285 e. The summed E-state index contributed by atoms with van der Waals surface area (Å²) in [6.45, 7) is -0.584. The molecule has 0 saturated heterocycles. The fraction of sp³-hybridized carbons (Fsp3) is 1.00. The van der Waals surface area contributed by atoms with Gasteiger partial charge in [0.25, 0.3) is 5.97 Å². The molecule has 0 bridgehead atoms. The smallest absolute Gasteiger partial charge is 0.285 e. The van der Waals surface area contributed by atoms with Crippen molar-refractivity contribution in [1.29, 1.82) is 0 Å². The average molecular weight is 168 g/mol. The van der Waals surface area contributed by atoms with Crippen molar-refractivity contribution in [3.05, 3.63) is 0 Å². The van der Waals surface area contributed by atoms with Crippen LogP contribution in [0.15, 0.2) is 0 Å². The summed E-state index contributed by atoms with van der Waals surface area (Å²) in [5.74, 6) is -1.60. The van der Waals surface area contributed by atoms with E-state index in [9.17, 15) is 0 Å². The van der Waals surface area contributed by atoms with Gasteiger partial charge in [-0.3, -0.25) is 0 Å². The van der Waals surface area contributed by atoms with Crippen LogP contribution in [0.4, 0.5) is 0 Å². The third-order valence-corrected chi connectivity index (χ3v) is 0.980. The van der Waals surface area contributed by atoms with Gasteiger partial charge in [-0.1, -0.05) is 0 Å². The average Bonchev–Trinajstić information content (AvgIpc) is 1.88. The van der Waals surface area contributed by atoms with Crippen LogP contribution in [0.1, 0.15) is 6.92 Å². The van der Waals surface area contributed by atoms with E-state index in [0.717, 1.165) is 0 Å². The molecule has 0 aliphatic heterocycles. The Morgan fingerprint density at radius 2 is 1.18 bits per heavy atom. The molecule has 0 rings (SSSR count). The van der Waals surface area contributed by atoms with E-state index in [1.807, 2.05) is 0 Å². The molecule has 0 amide bonds. The second-order valence-electron chi connectivity index (χ2n) is 1.68. The van der Waals surface area contributed by atoms with Gasteiger partial charge in [0.2, 0.25) is 0 Å². The Hall–Kier alpha value is -0.240. The van der Waals surface area contributed by atoms with E-state index in [-0.39, 0.29) is 0 Å². The molecule has 0 unspecified atom stereocenters. The lowest BCUT2D eigenvalue weighted by Crippen LogP contribution is -2.36. The fourth-order valence-electron chi connectivity index (χ4n) is 0.477. The highest BCUT2D eigenvalue weighted by Gasteiger charge is 2.26. The van der Waals surface area contributed by atoms with E-state index in [1.165, 1.54) is 6.92 Å². The van der Waals surface area contributed by atoms with Gasteiger partial charge in [-0.25, -0.2) is 0 Å². The van der Waals surface area contributed by atoms with Crippen molar-refractivity contribution in [3.63, 3.8) is 0 Å². The number of aliphatic hydroxyl groups is 3. The SMILES string of the molecule is CC(OCO)(OCO)OCO. The van der Waals surface area contributed by atoms with Crippen molar-refractivity contribution in [1.82, 2.24) is 0 Å². The Morgan fingerprint density at radius 1 is 0.909 bits per heavy atom. The third-order valence-electron chi connectivity index (χ3n) is 0.980. The zero-order chi connectivity index (χ0) is 8.74. The molecule has 0 aromatic heterocycles. The Balaban J connectivity index is 3.79. The highest BCUT2D eigenvalue weighted by atomic mass is 16.9. The minimum absolute atomic E-state index is 0.628. The molecule has 0 heterocycles. The largest absolute Gasteiger partial charge is 0.370 e. The standard InChI is InChI=1S/C5H12O6/c1-5(9-2-6,10-3-7)11-4-8/h6-8H,2-4H2,1H3. The van der Waals surface area contributed by atoms with Gasteiger partial charge in [0.1, 0.15) is 20.4 Å². The van der Waals surface area contributed by atoms with Gasteiger partial charge in [0.15, 0.2) is 0 Å². The minimum Gasteiger partial charge on any atom is -0.370 e. The Bertz CT molecular complexity index is 78.0. The Kier molecular flexibility index (Phi) is 5.30. The van der Waals surface area contributed by atoms with Crippen molar-refractivity contribution in [2.75, 3.05) is 20.4 Å². The monoisotopic (exact) mass is 168 g/mol. The number of hydrogen-bond acceptors (Lipinski definition) is 6. The van der Waals surface area contributed by atoms with E-state index in [0.29, 0.717) is 0 Å². The summed E-state index contributed by atoms with van der Waals surface area (Å²) in [7, 11) is 0. The van der Waals surface area contributed by atoms with Gasteiger partial charge in [0.05, 0.1) is 0 Å². The highest BCUT2D eigenvalue weighted by Crippen LogP contribution is 2.12. The highest BCUT2D eigenvalue weighted by molar-refractivity contribution is 4.41. The van der Waals surface area contributed by atoms with Gasteiger partial charge in [-0.05, 0) is 0 Å². The molecular formula is C5H12O6. The van der Waals surface area contributed by atoms with Crippen molar-refractivity contribution < 1.29 is 29.5 Å². The third kappa shape index (κ3) is 4.25. The molecule has 0 fully saturated rings. The molecule has 0 aliphatic carbocycles. The molecule has 0 spiro atoms. The van der Waals surface area contributed by atoms with Crippen LogP contribution in [0.5, 0.6) is 0 Å². The van der Waals surface area contributed by atoms with Crippen LogP contribution in [0, 0.1) is 0 Å². The maximum absolute atomic E-state index is 8.31. The maximum atomic E-state index is 8.31. The first-order valence-corrected chi connectivity index (χ1v) is 2.93. The summed E-state index contributed by atoms with van der Waals surface area (Å²) in [4.78, 5) is 0. The van der Waals surface area contributed by atoms with E-state index in [1.54, 1.807) is 0 Å². The molecule has 0 saturated carbocycles. The van der Waals surface area contributed by atoms with Gasteiger partial charge >= 0.3 is 0 Å². The number of hydrogen-bond donors (Lipinski definition) is 3. The van der Waals surface area contributed by atoms with Crippen molar-refractivity contribution in [3.8, 4) is 0 Å². The van der Waals surface area contributed by atoms with E-state index in [4.69, 9.17) is 15.3 Å². The molecule has 0 aromatic carbocycles. The summed E-state index contributed by atoms with van der Waals surface area (Å²) >= 11 is 0. The summed E-state index contributed by atoms with van der Waals surface area (Å²) in [6, 6.07) is 0. The molecule has 68 valence electrons. The van der Waals surface area contributed by atoms with Crippen LogP contribution in [-0.2, 0) is 14.2 Å². The lowest BCUT2D eigenvalue weighted by atomic mass is 10.6. The minimum atomic E-state index is -1.60. The molecule has 0 atom stereocenters. The molecule has 6 heteroatoms. The van der Waals surface area contributed by atoms with Crippen LogP contribution in [0.3, 0.4) is 0 Å². The summed E-state index contributed by atoms with van der Waals surface area (Å²) < 4.78 is 13.5. The first-order valence-electron chi connectivity index (χ1n) is 2.93. The van der Waals surface area contributed by atoms with Gasteiger partial charge in [-0.2, -0.15) is 0 Å². The Morgan fingerprint density at radius 3 is 1.36 bits per heavy atom. The van der Waals surface area contributed by atoms with Gasteiger partial charge < -0.3 is 29.5 Å². The molecular weight excluding hydrogens is 156 g/mol. The summed E-state index contributed by atoms with van der Waals surface area (Å²) in [5, 5.41) is 24.9. The second kappa shape index (κ2) is 5.42. The second-order valence-corrected chi connectivity index (χ2v) is 1.68. The molecule has 6 nitrogen and oxygen atoms in total. The van der Waals surface area contributed by atoms with Crippen LogP contribution in [-0.4, -0.2) is 41.7 Å². The van der Waals surface area contributed by atoms with Crippen LogP contribution < -0.4 is 0 Å². The molecule has 0 radical (unpaired) electrons. The quantitative estimate of drug-likeness (QED) is 0.421. The molecule has 0 aliphatic rings. The zero-order valence-corrected chi connectivity index (χ0v) is 6.19. The first-order chi connectivity index (χ1) is 5.18. The molecule has 11 heavy (non-hydrogen) atoms. The van der Waals surface area contributed by atoms with Gasteiger partial charge in [-0.15, -0.1) is 0 Å². The van der Waals surface area contributed by atoms with E-state index in [2.05, 4.69) is 14.2 Å². The zero-order valence-electron chi connectivity index (χ0n) is 6.19. The van der Waals surface area contributed by atoms with Gasteiger partial charge in [0, 0.05) is 6.92 Å². The van der Waals surface area contributed by atoms with Crippen LogP contribution in [0.25, 0.3) is 0 Å². The topological polar surface area (TPSA) is 88.4 Å². The Labute approximate surface area is 63.9 Å². The molecule has 0 aromatic rings. The van der Waals surface area contributed by atoms with Crippen LogP contribution >= 0.6 is 0 Å². The molecule has 3 N–H and O–H groups in total. The van der Waals surface area contributed by atoms with Crippen molar-refractivity contribution in [2.45, 2.75) is 12.9 Å². The normalized spacial score (nSPS) is 12.0. The fourth-order valence-corrected chi connectivity index (χ4v) is 0.477. The lowest BCUT2D eigenvalue weighted by Gasteiger charge is -2.26. The lowest BCUT2D eigenvalue weighted by molar-refractivity contribution is -0.410. The predicted octanol–water partition coefficient (Wildman–Crippen LogP) is -1.44. The first kappa shape index (κ1) is 10.8. The number of aliphatic hydroxyl groups excluding tert-OH is 3.